The summed E-state index contributed by atoms with van der Waals surface area (Å²) in [6.07, 6.45) is 2.31. The average molecular weight is 368 g/mol. The van der Waals surface area contributed by atoms with E-state index in [4.69, 9.17) is 4.74 Å². The first-order valence-electron chi connectivity index (χ1n) is 9.06. The van der Waals surface area contributed by atoms with Crippen molar-refractivity contribution in [1.29, 1.82) is 0 Å². The molecule has 0 aliphatic carbocycles. The minimum absolute atomic E-state index is 0. The number of likely N-dealkylation sites (tertiary alicyclic amines) is 1. The maximum Gasteiger partial charge on any atom is 1.00 e. The van der Waals surface area contributed by atoms with Crippen LogP contribution in [0.1, 0.15) is 46.1 Å². The van der Waals surface area contributed by atoms with E-state index in [2.05, 4.69) is 48.8 Å². The number of ether oxygens (including phenoxy) is 1. The van der Waals surface area contributed by atoms with Crippen molar-refractivity contribution in [3.05, 3.63) is 41.6 Å². The molecule has 2 aliphatic rings. The van der Waals surface area contributed by atoms with E-state index in [1.165, 1.54) is 23.7 Å². The van der Waals surface area contributed by atoms with Gasteiger partial charge in [-0.15, -0.1) is 6.04 Å². The Bertz CT molecular complexity index is 593. The zero-order valence-corrected chi connectivity index (χ0v) is 17.5. The summed E-state index contributed by atoms with van der Waals surface area (Å²) in [6, 6.07) is 10.9. The Kier molecular flexibility index (Phi) is 7.32. The van der Waals surface area contributed by atoms with Crippen LogP contribution < -0.4 is 18.9 Å². The SMILES string of the molecule is CC1(C)COC(C)(C)N1C(=O)S[CH-][C@@H]1CCCN1Cc1ccccc1.[Li+]. The van der Waals surface area contributed by atoms with Crippen LogP contribution >= 0.6 is 11.8 Å². The van der Waals surface area contributed by atoms with Gasteiger partial charge >= 0.3 is 18.9 Å². The molecule has 0 spiro atoms. The van der Waals surface area contributed by atoms with Crippen molar-refractivity contribution in [3.63, 3.8) is 0 Å². The molecule has 2 heterocycles. The van der Waals surface area contributed by atoms with E-state index in [0.29, 0.717) is 12.6 Å². The number of hydrogen-bond donors (Lipinski definition) is 0. The largest absolute Gasteiger partial charge is 1.00 e. The first kappa shape index (κ1) is 21.9. The molecule has 1 amide bonds. The fourth-order valence-electron chi connectivity index (χ4n) is 3.89. The molecule has 0 radical (unpaired) electrons. The molecule has 1 aromatic rings. The molecule has 1 atom stereocenters. The van der Waals surface area contributed by atoms with Crippen molar-refractivity contribution < 1.29 is 28.4 Å². The summed E-state index contributed by atoms with van der Waals surface area (Å²) in [4.78, 5) is 17.2. The Balaban J connectivity index is 0.00000243. The van der Waals surface area contributed by atoms with Gasteiger partial charge in [0, 0.05) is 6.54 Å². The molecule has 1 aromatic carbocycles. The van der Waals surface area contributed by atoms with Crippen molar-refractivity contribution in [1.82, 2.24) is 9.80 Å². The van der Waals surface area contributed by atoms with Crippen LogP contribution in [-0.2, 0) is 11.3 Å². The van der Waals surface area contributed by atoms with Crippen molar-refractivity contribution in [2.75, 3.05) is 13.2 Å². The van der Waals surface area contributed by atoms with E-state index in [1.54, 1.807) is 0 Å². The Labute approximate surface area is 174 Å². The number of thioether (sulfide) groups is 1. The van der Waals surface area contributed by atoms with E-state index in [9.17, 15) is 4.79 Å². The third-order valence-electron chi connectivity index (χ3n) is 5.07. The minimum atomic E-state index is -0.541. The second-order valence-electron chi connectivity index (χ2n) is 8.07. The molecule has 6 heteroatoms. The fourth-order valence-corrected chi connectivity index (χ4v) is 5.04. The predicted octanol–water partition coefficient (Wildman–Crippen LogP) is 1.52. The summed E-state index contributed by atoms with van der Waals surface area (Å²) >= 11 is 1.33. The first-order chi connectivity index (χ1) is 11.8. The maximum absolute atomic E-state index is 12.9. The number of carbonyl (C=O) groups is 1. The van der Waals surface area contributed by atoms with Crippen LogP contribution in [0.3, 0.4) is 0 Å². The molecular formula is C20H29LiN2O2S. The van der Waals surface area contributed by atoms with Gasteiger partial charge in [0.2, 0.25) is 0 Å². The normalized spacial score (nSPS) is 24.5. The molecule has 4 nitrogen and oxygen atoms in total. The molecule has 2 saturated heterocycles. The Morgan fingerprint density at radius 2 is 1.96 bits per heavy atom. The molecule has 0 aromatic heterocycles. The van der Waals surface area contributed by atoms with Crippen molar-refractivity contribution >= 4 is 17.0 Å². The van der Waals surface area contributed by atoms with Gasteiger partial charge in [-0.25, -0.2) is 5.75 Å². The van der Waals surface area contributed by atoms with Gasteiger partial charge in [-0.2, -0.15) is 0 Å². The Hall–Kier alpha value is -0.443. The summed E-state index contributed by atoms with van der Waals surface area (Å²) in [5, 5.41) is 0.0825. The van der Waals surface area contributed by atoms with Gasteiger partial charge in [0.05, 0.1) is 12.1 Å². The van der Waals surface area contributed by atoms with E-state index >= 15 is 0 Å². The molecule has 138 valence electrons. The summed E-state index contributed by atoms with van der Waals surface area (Å²) in [5.74, 6) is 2.13. The van der Waals surface area contributed by atoms with Crippen LogP contribution in [0.25, 0.3) is 0 Å². The van der Waals surface area contributed by atoms with Gasteiger partial charge in [0.15, 0.2) is 0 Å². The number of hydrogen-bond acceptors (Lipinski definition) is 4. The van der Waals surface area contributed by atoms with Crippen LogP contribution in [0.5, 0.6) is 0 Å². The number of rotatable bonds is 4. The van der Waals surface area contributed by atoms with Crippen LogP contribution in [0.15, 0.2) is 30.3 Å². The van der Waals surface area contributed by atoms with Crippen molar-refractivity contribution in [2.24, 2.45) is 0 Å². The fraction of sp³-hybridized carbons (Fsp3) is 0.600. The second-order valence-corrected chi connectivity index (χ2v) is 8.93. The van der Waals surface area contributed by atoms with Gasteiger partial charge < -0.3 is 14.5 Å². The summed E-state index contributed by atoms with van der Waals surface area (Å²) in [7, 11) is 0. The number of carbonyl (C=O) groups excluding carboxylic acids is 1. The third kappa shape index (κ3) is 4.88. The van der Waals surface area contributed by atoms with Crippen LogP contribution in [0.2, 0.25) is 0 Å². The second kappa shape index (κ2) is 8.71. The zero-order valence-electron chi connectivity index (χ0n) is 16.7. The van der Waals surface area contributed by atoms with Crippen LogP contribution in [0, 0.1) is 5.75 Å². The molecule has 0 saturated carbocycles. The predicted molar refractivity (Wildman–Crippen MR) is 103 cm³/mol. The molecule has 26 heavy (non-hydrogen) atoms. The van der Waals surface area contributed by atoms with Gasteiger partial charge in [-0.3, -0.25) is 16.6 Å². The standard InChI is InChI=1S/C20H29N2O2S.Li/c1-19(2)15-24-20(3,4)22(19)18(23)25-14-17-11-8-12-21(17)13-16-9-6-5-7-10-16;/h5-7,9-10,14,17H,8,11-13,15H2,1-4H3;/q-1;+1/t17-;/m0./s1. The summed E-state index contributed by atoms with van der Waals surface area (Å²) in [5.41, 5.74) is 0.524. The maximum atomic E-state index is 12.9. The molecule has 0 N–H and O–H groups in total. The van der Waals surface area contributed by atoms with Gasteiger partial charge in [-0.1, -0.05) is 36.8 Å². The minimum Gasteiger partial charge on any atom is -0.354 e. The number of nitrogens with zero attached hydrogens (tertiary/aromatic N) is 2. The molecular weight excluding hydrogens is 339 g/mol. The molecule has 0 bridgehead atoms. The summed E-state index contributed by atoms with van der Waals surface area (Å²) < 4.78 is 5.83. The van der Waals surface area contributed by atoms with Crippen LogP contribution in [-0.4, -0.2) is 45.5 Å². The number of benzene rings is 1. The van der Waals surface area contributed by atoms with Gasteiger partial charge in [-0.05, 0) is 46.2 Å². The molecule has 2 aliphatic heterocycles. The van der Waals surface area contributed by atoms with E-state index in [0.717, 1.165) is 19.5 Å². The first-order valence-corrected chi connectivity index (χ1v) is 9.94. The van der Waals surface area contributed by atoms with E-state index < -0.39 is 5.72 Å². The zero-order chi connectivity index (χ0) is 18.1. The van der Waals surface area contributed by atoms with E-state index in [1.807, 2.05) is 24.8 Å². The topological polar surface area (TPSA) is 32.8 Å². The molecule has 2 fully saturated rings. The smallest absolute Gasteiger partial charge is 0.354 e. The average Bonchev–Trinajstić information content (AvgIpc) is 3.07. The monoisotopic (exact) mass is 368 g/mol. The van der Waals surface area contributed by atoms with E-state index in [-0.39, 0.29) is 29.6 Å². The quantitative estimate of drug-likeness (QED) is 0.596. The van der Waals surface area contributed by atoms with Crippen molar-refractivity contribution in [3.8, 4) is 0 Å². The van der Waals surface area contributed by atoms with Crippen molar-refractivity contribution in [2.45, 2.75) is 64.4 Å². The third-order valence-corrected chi connectivity index (χ3v) is 5.91. The summed E-state index contributed by atoms with van der Waals surface area (Å²) in [6.45, 7) is 10.7. The molecule has 0 unspecified atom stereocenters. The van der Waals surface area contributed by atoms with Gasteiger partial charge in [0.25, 0.3) is 5.24 Å². The van der Waals surface area contributed by atoms with Crippen LogP contribution in [0.4, 0.5) is 4.79 Å². The van der Waals surface area contributed by atoms with Gasteiger partial charge in [0.1, 0.15) is 5.72 Å². The Morgan fingerprint density at radius 1 is 1.27 bits per heavy atom. The number of amides is 1. The molecule has 3 rings (SSSR count). The Morgan fingerprint density at radius 3 is 2.58 bits per heavy atom.